The van der Waals surface area contributed by atoms with Gasteiger partial charge in [-0.25, -0.2) is 0 Å². The molecule has 1 saturated heterocycles. The Hall–Kier alpha value is 0.0700. The van der Waals surface area contributed by atoms with Gasteiger partial charge < -0.3 is 18.5 Å². The number of hydrogen-bond donors (Lipinski definition) is 0. The molecule has 0 atom stereocenters. The summed E-state index contributed by atoms with van der Waals surface area (Å²) in [4.78, 5) is 0. The van der Waals surface area contributed by atoms with Crippen LogP contribution in [0.2, 0.25) is 0 Å². The summed E-state index contributed by atoms with van der Waals surface area (Å²) in [6, 6.07) is -0.870. The molecule has 5 nitrogen and oxygen atoms in total. The third-order valence-electron chi connectivity index (χ3n) is 1.50. The third-order valence-corrected chi connectivity index (χ3v) is 3.40. The van der Waals surface area contributed by atoms with Gasteiger partial charge in [0.15, 0.2) is 0 Å². The van der Waals surface area contributed by atoms with Crippen LogP contribution in [0.1, 0.15) is 13.8 Å². The minimum atomic E-state index is -3.16. The van der Waals surface area contributed by atoms with E-state index in [1.165, 1.54) is 0 Å². The average Bonchev–Trinajstić information content (AvgIpc) is 2.53. The molecule has 0 radical (unpaired) electrons. The molecule has 0 bridgehead atoms. The van der Waals surface area contributed by atoms with Crippen LogP contribution in [0.5, 0.6) is 0 Å². The molecular formula is C7H15O5P. The van der Waals surface area contributed by atoms with Crippen molar-refractivity contribution in [3.05, 3.63) is 0 Å². The van der Waals surface area contributed by atoms with E-state index in [0.717, 1.165) is 0 Å². The molecule has 6 heteroatoms. The highest BCUT2D eigenvalue weighted by molar-refractivity contribution is 7.54. The Morgan fingerprint density at radius 1 is 1.23 bits per heavy atom. The van der Waals surface area contributed by atoms with Crippen molar-refractivity contribution in [1.82, 2.24) is 0 Å². The van der Waals surface area contributed by atoms with Crippen LogP contribution >= 0.6 is 7.60 Å². The predicted octanol–water partition coefficient (Wildman–Crippen LogP) is 1.58. The molecule has 78 valence electrons. The quantitative estimate of drug-likeness (QED) is 0.509. The predicted molar refractivity (Wildman–Crippen MR) is 46.6 cm³/mol. The van der Waals surface area contributed by atoms with Gasteiger partial charge in [0.2, 0.25) is 0 Å². The lowest BCUT2D eigenvalue weighted by molar-refractivity contribution is -0.0934. The Kier molecular flexibility index (Phi) is 4.35. The number of ether oxygens (including phenoxy) is 2. The summed E-state index contributed by atoms with van der Waals surface area (Å²) in [5.74, 6) is 0. The summed E-state index contributed by atoms with van der Waals surface area (Å²) < 4.78 is 32.0. The van der Waals surface area contributed by atoms with Gasteiger partial charge in [-0.3, -0.25) is 4.57 Å². The van der Waals surface area contributed by atoms with Gasteiger partial charge in [0.1, 0.15) is 0 Å². The van der Waals surface area contributed by atoms with E-state index in [1.807, 2.05) is 0 Å². The van der Waals surface area contributed by atoms with Crippen LogP contribution in [0.15, 0.2) is 0 Å². The van der Waals surface area contributed by atoms with Crippen LogP contribution in [-0.2, 0) is 23.1 Å². The van der Waals surface area contributed by atoms with Gasteiger partial charge in [-0.1, -0.05) is 0 Å². The molecule has 0 aromatic carbocycles. The smallest absolute Gasteiger partial charge is 0.343 e. The minimum absolute atomic E-state index is 0.341. The van der Waals surface area contributed by atoms with Crippen molar-refractivity contribution in [2.75, 3.05) is 26.4 Å². The van der Waals surface area contributed by atoms with E-state index in [9.17, 15) is 4.57 Å². The second kappa shape index (κ2) is 5.08. The zero-order valence-electron chi connectivity index (χ0n) is 7.89. The fourth-order valence-electron chi connectivity index (χ4n) is 1.00. The maximum Gasteiger partial charge on any atom is 0.386 e. The van der Waals surface area contributed by atoms with E-state index < -0.39 is 13.6 Å². The maximum atomic E-state index is 11.8. The number of rotatable bonds is 5. The van der Waals surface area contributed by atoms with Crippen molar-refractivity contribution in [2.24, 2.45) is 0 Å². The van der Waals surface area contributed by atoms with Gasteiger partial charge in [-0.15, -0.1) is 0 Å². The summed E-state index contributed by atoms with van der Waals surface area (Å²) in [7, 11) is -3.16. The zero-order chi connectivity index (χ0) is 9.73. The van der Waals surface area contributed by atoms with Crippen LogP contribution in [-0.4, -0.2) is 32.5 Å². The molecule has 0 aliphatic carbocycles. The molecule has 0 amide bonds. The van der Waals surface area contributed by atoms with Gasteiger partial charge in [0.05, 0.1) is 13.2 Å². The van der Waals surface area contributed by atoms with Gasteiger partial charge in [0.25, 0.3) is 6.03 Å². The topological polar surface area (TPSA) is 54.0 Å². The summed E-state index contributed by atoms with van der Waals surface area (Å²) in [5, 5.41) is 0. The molecule has 0 N–H and O–H groups in total. The first-order chi connectivity index (χ1) is 6.23. The van der Waals surface area contributed by atoms with E-state index in [4.69, 9.17) is 18.5 Å². The first-order valence-corrected chi connectivity index (χ1v) is 5.96. The Morgan fingerprint density at radius 2 is 1.69 bits per heavy atom. The Morgan fingerprint density at radius 3 is 2.08 bits per heavy atom. The standard InChI is InChI=1S/C7H15O5P/c1-3-9-7(10-4-2)13(8)11-5-6-12-13/h7H,3-6H2,1-2H3. The minimum Gasteiger partial charge on any atom is -0.343 e. The second-order valence-electron chi connectivity index (χ2n) is 2.42. The van der Waals surface area contributed by atoms with Crippen LogP contribution in [0, 0.1) is 0 Å². The first kappa shape index (κ1) is 11.1. The Balaban J connectivity index is 2.56. The number of hydrogen-bond acceptors (Lipinski definition) is 5. The van der Waals surface area contributed by atoms with Crippen LogP contribution < -0.4 is 0 Å². The maximum absolute atomic E-state index is 11.8. The van der Waals surface area contributed by atoms with E-state index in [0.29, 0.717) is 26.4 Å². The summed E-state index contributed by atoms with van der Waals surface area (Å²) >= 11 is 0. The van der Waals surface area contributed by atoms with E-state index in [2.05, 4.69) is 0 Å². The molecular weight excluding hydrogens is 195 g/mol. The second-order valence-corrected chi connectivity index (χ2v) is 4.44. The highest BCUT2D eigenvalue weighted by Crippen LogP contribution is 2.56. The van der Waals surface area contributed by atoms with Crippen molar-refractivity contribution in [3.63, 3.8) is 0 Å². The monoisotopic (exact) mass is 210 g/mol. The molecule has 1 fully saturated rings. The molecule has 0 saturated carbocycles. The van der Waals surface area contributed by atoms with E-state index in [1.54, 1.807) is 13.8 Å². The van der Waals surface area contributed by atoms with Crippen molar-refractivity contribution >= 4 is 7.60 Å². The highest BCUT2D eigenvalue weighted by atomic mass is 31.2. The molecule has 1 aliphatic rings. The van der Waals surface area contributed by atoms with E-state index in [-0.39, 0.29) is 0 Å². The van der Waals surface area contributed by atoms with Crippen molar-refractivity contribution < 1.29 is 23.1 Å². The lowest BCUT2D eigenvalue weighted by atomic mass is 10.8. The largest absolute Gasteiger partial charge is 0.386 e. The van der Waals surface area contributed by atoms with E-state index >= 15 is 0 Å². The molecule has 13 heavy (non-hydrogen) atoms. The third kappa shape index (κ3) is 2.76. The highest BCUT2D eigenvalue weighted by Gasteiger charge is 2.41. The van der Waals surface area contributed by atoms with Gasteiger partial charge in [-0.05, 0) is 13.8 Å². The molecule has 0 spiro atoms. The fourth-order valence-corrected chi connectivity index (χ4v) is 2.64. The molecule has 1 heterocycles. The van der Waals surface area contributed by atoms with Gasteiger partial charge in [0, 0.05) is 13.2 Å². The SMILES string of the molecule is CCOC(OCC)P1(=O)OCCO1. The molecule has 0 unspecified atom stereocenters. The average molecular weight is 210 g/mol. The van der Waals surface area contributed by atoms with Crippen LogP contribution in [0.4, 0.5) is 0 Å². The summed E-state index contributed by atoms with van der Waals surface area (Å²) in [5.41, 5.74) is 0. The van der Waals surface area contributed by atoms with Crippen LogP contribution in [0.3, 0.4) is 0 Å². The molecule has 1 rings (SSSR count). The fraction of sp³-hybridized carbons (Fsp3) is 1.00. The van der Waals surface area contributed by atoms with Crippen molar-refractivity contribution in [3.8, 4) is 0 Å². The van der Waals surface area contributed by atoms with Crippen molar-refractivity contribution in [2.45, 2.75) is 19.9 Å². The summed E-state index contributed by atoms with van der Waals surface area (Å²) in [6.07, 6.45) is 0. The zero-order valence-corrected chi connectivity index (χ0v) is 8.79. The lowest BCUT2D eigenvalue weighted by Crippen LogP contribution is -2.18. The summed E-state index contributed by atoms with van der Waals surface area (Å²) in [6.45, 7) is 5.12. The first-order valence-electron chi connectivity index (χ1n) is 4.35. The Labute approximate surface area is 77.8 Å². The molecule has 1 aliphatic heterocycles. The Bertz CT molecular complexity index is 179. The van der Waals surface area contributed by atoms with Gasteiger partial charge in [-0.2, -0.15) is 0 Å². The molecule has 0 aromatic heterocycles. The normalized spacial score (nSPS) is 21.2. The van der Waals surface area contributed by atoms with Crippen LogP contribution in [0.25, 0.3) is 0 Å². The van der Waals surface area contributed by atoms with Crippen molar-refractivity contribution in [1.29, 1.82) is 0 Å². The van der Waals surface area contributed by atoms with Gasteiger partial charge >= 0.3 is 7.60 Å². The lowest BCUT2D eigenvalue weighted by Gasteiger charge is -2.20. The molecule has 0 aromatic rings.